The Morgan fingerprint density at radius 3 is 2.00 bits per heavy atom. The van der Waals surface area contributed by atoms with E-state index >= 15 is 0 Å². The highest BCUT2D eigenvalue weighted by atomic mass is 32.1. The van der Waals surface area contributed by atoms with E-state index in [-0.39, 0.29) is 0 Å². The van der Waals surface area contributed by atoms with Crippen LogP contribution < -0.4 is 26.8 Å². The minimum absolute atomic E-state index is 0.366. The van der Waals surface area contributed by atoms with Crippen molar-refractivity contribution >= 4 is 40.9 Å². The number of nitrogens with zero attached hydrogens (tertiary/aromatic N) is 3. The molecular formula is C15H22N8S. The molecule has 0 saturated carbocycles. The molecule has 1 heterocycles. The van der Waals surface area contributed by atoms with E-state index in [0.29, 0.717) is 23.0 Å². The monoisotopic (exact) mass is 346 g/mol. The van der Waals surface area contributed by atoms with E-state index < -0.39 is 0 Å². The van der Waals surface area contributed by atoms with Gasteiger partial charge in [0.25, 0.3) is 0 Å². The highest BCUT2D eigenvalue weighted by Gasteiger charge is 2.06. The molecule has 2 rings (SSSR count). The molecule has 1 aromatic carbocycles. The molecular weight excluding hydrogens is 324 g/mol. The summed E-state index contributed by atoms with van der Waals surface area (Å²) in [5.74, 6) is 1.35. The number of hydrogen-bond donors (Lipinski definition) is 5. The number of anilines is 4. The fourth-order valence-corrected chi connectivity index (χ4v) is 1.99. The predicted octanol–water partition coefficient (Wildman–Crippen LogP) is 2.36. The van der Waals surface area contributed by atoms with Crippen molar-refractivity contribution < 1.29 is 0 Å². The van der Waals surface area contributed by atoms with Crippen molar-refractivity contribution in [1.82, 2.24) is 20.4 Å². The zero-order valence-electron chi connectivity index (χ0n) is 14.0. The lowest BCUT2D eigenvalue weighted by Crippen LogP contribution is -2.34. The molecule has 0 aliphatic heterocycles. The molecule has 9 heteroatoms. The van der Waals surface area contributed by atoms with Crippen LogP contribution in [-0.4, -0.2) is 33.2 Å². The maximum absolute atomic E-state index is 5.25. The lowest BCUT2D eigenvalue weighted by molar-refractivity contribution is 0.968. The number of aromatic nitrogens is 3. The molecule has 8 nitrogen and oxygen atoms in total. The van der Waals surface area contributed by atoms with Crippen LogP contribution in [0.3, 0.4) is 0 Å². The first-order chi connectivity index (χ1) is 11.6. The van der Waals surface area contributed by atoms with Gasteiger partial charge in [-0.2, -0.15) is 15.0 Å². The van der Waals surface area contributed by atoms with Gasteiger partial charge in [0.1, 0.15) is 0 Å². The van der Waals surface area contributed by atoms with Gasteiger partial charge in [-0.05, 0) is 45.1 Å². The van der Waals surface area contributed by atoms with Gasteiger partial charge in [0.15, 0.2) is 5.11 Å². The summed E-state index contributed by atoms with van der Waals surface area (Å²) < 4.78 is 0. The van der Waals surface area contributed by atoms with Gasteiger partial charge < -0.3 is 16.0 Å². The van der Waals surface area contributed by atoms with Gasteiger partial charge in [0, 0.05) is 18.8 Å². The average molecular weight is 346 g/mol. The number of nitrogens with one attached hydrogen (secondary N) is 5. The minimum Gasteiger partial charge on any atom is -0.354 e. The van der Waals surface area contributed by atoms with Crippen LogP contribution in [-0.2, 0) is 0 Å². The molecule has 5 N–H and O–H groups in total. The normalized spacial score (nSPS) is 9.96. The van der Waals surface area contributed by atoms with Gasteiger partial charge >= 0.3 is 0 Å². The van der Waals surface area contributed by atoms with Gasteiger partial charge in [-0.1, -0.05) is 17.7 Å². The molecule has 0 spiro atoms. The van der Waals surface area contributed by atoms with Crippen LogP contribution in [0.15, 0.2) is 24.3 Å². The summed E-state index contributed by atoms with van der Waals surface area (Å²) in [4.78, 5) is 12.8. The predicted molar refractivity (Wildman–Crippen MR) is 102 cm³/mol. The minimum atomic E-state index is 0.366. The van der Waals surface area contributed by atoms with E-state index in [0.717, 1.165) is 18.8 Å². The zero-order chi connectivity index (χ0) is 17.4. The Bertz CT molecular complexity index is 649. The van der Waals surface area contributed by atoms with E-state index in [9.17, 15) is 0 Å². The number of hydrogen-bond acceptors (Lipinski definition) is 7. The highest BCUT2D eigenvalue weighted by molar-refractivity contribution is 7.80. The summed E-state index contributed by atoms with van der Waals surface area (Å²) >= 11 is 5.25. The van der Waals surface area contributed by atoms with Crippen molar-refractivity contribution in [2.45, 2.75) is 20.8 Å². The first-order valence-corrected chi connectivity index (χ1v) is 8.15. The Kier molecular flexibility index (Phi) is 6.50. The Morgan fingerprint density at radius 2 is 1.46 bits per heavy atom. The van der Waals surface area contributed by atoms with Crippen molar-refractivity contribution in [1.29, 1.82) is 0 Å². The molecule has 0 saturated heterocycles. The van der Waals surface area contributed by atoms with Gasteiger partial charge in [0.2, 0.25) is 17.8 Å². The first-order valence-electron chi connectivity index (χ1n) is 7.74. The quantitative estimate of drug-likeness (QED) is 0.382. The van der Waals surface area contributed by atoms with Gasteiger partial charge in [-0.3, -0.25) is 10.9 Å². The van der Waals surface area contributed by atoms with Crippen molar-refractivity contribution in [3.8, 4) is 0 Å². The second kappa shape index (κ2) is 8.82. The Balaban J connectivity index is 1.96. The maximum Gasteiger partial charge on any atom is 0.248 e. The summed E-state index contributed by atoms with van der Waals surface area (Å²) in [7, 11) is 0. The smallest absolute Gasteiger partial charge is 0.248 e. The van der Waals surface area contributed by atoms with Crippen LogP contribution in [0.1, 0.15) is 19.4 Å². The fourth-order valence-electron chi connectivity index (χ4n) is 1.82. The topological polar surface area (TPSA) is 98.8 Å². The van der Waals surface area contributed by atoms with Gasteiger partial charge in [-0.25, -0.2) is 0 Å². The summed E-state index contributed by atoms with van der Waals surface area (Å²) in [6.07, 6.45) is 0. The van der Waals surface area contributed by atoms with E-state index in [4.69, 9.17) is 12.2 Å². The molecule has 1 aromatic heterocycles. The second-order valence-corrected chi connectivity index (χ2v) is 5.35. The van der Waals surface area contributed by atoms with Crippen molar-refractivity contribution in [2.75, 3.05) is 34.5 Å². The van der Waals surface area contributed by atoms with E-state index in [2.05, 4.69) is 41.8 Å². The summed E-state index contributed by atoms with van der Waals surface area (Å²) in [5, 5.41) is 9.61. The standard InChI is InChI=1S/C15H22N8S/c1-4-16-12-19-13(17-5-2)21-14(20-12)22-23-15(24)18-11-8-6-10(3)7-9-11/h6-9H,4-5H2,1-3H3,(H2,18,23,24)(H3,16,17,19,20,21,22). The van der Waals surface area contributed by atoms with Crippen LogP contribution in [0, 0.1) is 6.92 Å². The van der Waals surface area contributed by atoms with Crippen molar-refractivity contribution in [2.24, 2.45) is 0 Å². The number of thiocarbonyl (C=S) groups is 1. The first kappa shape index (κ1) is 17.7. The average Bonchev–Trinajstić information content (AvgIpc) is 2.56. The third-order valence-electron chi connectivity index (χ3n) is 2.90. The van der Waals surface area contributed by atoms with Gasteiger partial charge in [0.05, 0.1) is 0 Å². The summed E-state index contributed by atoms with van der Waals surface area (Å²) in [6.45, 7) is 7.42. The lowest BCUT2D eigenvalue weighted by atomic mass is 10.2. The number of aryl methyl sites for hydroxylation is 1. The van der Waals surface area contributed by atoms with E-state index in [1.54, 1.807) is 0 Å². The maximum atomic E-state index is 5.25. The lowest BCUT2D eigenvalue weighted by Gasteiger charge is -2.13. The third kappa shape index (κ3) is 5.51. The third-order valence-corrected chi connectivity index (χ3v) is 3.11. The van der Waals surface area contributed by atoms with Crippen LogP contribution in [0.5, 0.6) is 0 Å². The number of rotatable bonds is 7. The van der Waals surface area contributed by atoms with E-state index in [1.165, 1.54) is 5.56 Å². The Morgan fingerprint density at radius 1 is 0.917 bits per heavy atom. The number of hydrazine groups is 1. The molecule has 2 aromatic rings. The molecule has 0 atom stereocenters. The largest absolute Gasteiger partial charge is 0.354 e. The number of benzene rings is 1. The van der Waals surface area contributed by atoms with Crippen molar-refractivity contribution in [3.63, 3.8) is 0 Å². The Labute approximate surface area is 146 Å². The molecule has 24 heavy (non-hydrogen) atoms. The van der Waals surface area contributed by atoms with E-state index in [1.807, 2.05) is 45.0 Å². The SMILES string of the molecule is CCNc1nc(NCC)nc(NNC(=S)Nc2ccc(C)cc2)n1. The molecule has 0 radical (unpaired) electrons. The Hall–Kier alpha value is -2.68. The molecule has 128 valence electrons. The van der Waals surface area contributed by atoms with Crippen LogP contribution in [0.2, 0.25) is 0 Å². The summed E-state index contributed by atoms with van der Waals surface area (Å²) in [5.41, 5.74) is 7.83. The molecule has 0 bridgehead atoms. The van der Waals surface area contributed by atoms with Crippen LogP contribution >= 0.6 is 12.2 Å². The zero-order valence-corrected chi connectivity index (χ0v) is 14.8. The molecule has 0 aliphatic rings. The molecule has 0 amide bonds. The summed E-state index contributed by atoms with van der Waals surface area (Å²) in [6, 6.07) is 7.93. The molecule has 0 aliphatic carbocycles. The van der Waals surface area contributed by atoms with Crippen LogP contribution in [0.25, 0.3) is 0 Å². The molecule has 0 unspecified atom stereocenters. The second-order valence-electron chi connectivity index (χ2n) is 4.94. The van der Waals surface area contributed by atoms with Crippen molar-refractivity contribution in [3.05, 3.63) is 29.8 Å². The fraction of sp³-hybridized carbons (Fsp3) is 0.333. The molecule has 0 fully saturated rings. The highest BCUT2D eigenvalue weighted by Crippen LogP contribution is 2.09. The van der Waals surface area contributed by atoms with Crippen LogP contribution in [0.4, 0.5) is 23.5 Å². The van der Waals surface area contributed by atoms with Gasteiger partial charge in [-0.15, -0.1) is 0 Å².